The van der Waals surface area contributed by atoms with E-state index in [9.17, 15) is 5.11 Å². The normalized spacial score (nSPS) is 20.1. The van der Waals surface area contributed by atoms with Gasteiger partial charge in [-0.15, -0.1) is 0 Å². The number of rotatable bonds is 2. The van der Waals surface area contributed by atoms with Crippen LogP contribution < -0.4 is 5.73 Å². The summed E-state index contributed by atoms with van der Waals surface area (Å²) < 4.78 is 0. The average Bonchev–Trinajstić information content (AvgIpc) is 2.30. The van der Waals surface area contributed by atoms with Gasteiger partial charge in [-0.05, 0) is 24.8 Å². The van der Waals surface area contributed by atoms with Crippen molar-refractivity contribution in [3.8, 4) is 5.75 Å². The van der Waals surface area contributed by atoms with Crippen molar-refractivity contribution in [1.29, 1.82) is 0 Å². The first kappa shape index (κ1) is 10.5. The maximum atomic E-state index is 9.73. The van der Waals surface area contributed by atoms with Gasteiger partial charge >= 0.3 is 0 Å². The second kappa shape index (κ2) is 4.67. The highest BCUT2D eigenvalue weighted by Crippen LogP contribution is 2.35. The highest BCUT2D eigenvalue weighted by atomic mass is 16.3. The van der Waals surface area contributed by atoms with E-state index in [2.05, 4.69) is 0 Å². The van der Waals surface area contributed by atoms with Crippen molar-refractivity contribution in [2.45, 2.75) is 38.1 Å². The molecule has 0 radical (unpaired) electrons. The summed E-state index contributed by atoms with van der Waals surface area (Å²) in [5.41, 5.74) is 7.12. The first-order valence-corrected chi connectivity index (χ1v) is 5.82. The summed E-state index contributed by atoms with van der Waals surface area (Å²) in [5.74, 6) is 0.891. The van der Waals surface area contributed by atoms with Crippen molar-refractivity contribution < 1.29 is 5.11 Å². The predicted molar refractivity (Wildman–Crippen MR) is 61.6 cm³/mol. The average molecular weight is 205 g/mol. The van der Waals surface area contributed by atoms with Crippen LogP contribution in [0, 0.1) is 5.92 Å². The molecule has 15 heavy (non-hydrogen) atoms. The third kappa shape index (κ3) is 2.32. The van der Waals surface area contributed by atoms with Gasteiger partial charge in [0.05, 0.1) is 0 Å². The Labute approximate surface area is 91.1 Å². The molecule has 1 fully saturated rings. The number of nitrogens with two attached hydrogens (primary N) is 1. The van der Waals surface area contributed by atoms with Crippen LogP contribution in [0.1, 0.15) is 43.7 Å². The number of phenolic OH excluding ortho intramolecular Hbond substituents is 1. The molecule has 0 aromatic heterocycles. The van der Waals surface area contributed by atoms with Gasteiger partial charge in [0.1, 0.15) is 5.75 Å². The molecule has 1 atom stereocenters. The van der Waals surface area contributed by atoms with Gasteiger partial charge < -0.3 is 10.8 Å². The largest absolute Gasteiger partial charge is 0.508 e. The Bertz CT molecular complexity index is 318. The molecule has 2 rings (SSSR count). The Morgan fingerprint density at radius 2 is 1.80 bits per heavy atom. The molecule has 1 saturated carbocycles. The fraction of sp³-hybridized carbons (Fsp3) is 0.538. The minimum absolute atomic E-state index is 0.00602. The summed E-state index contributed by atoms with van der Waals surface area (Å²) in [6, 6.07) is 7.45. The first-order chi connectivity index (χ1) is 7.29. The lowest BCUT2D eigenvalue weighted by Gasteiger charge is -2.28. The summed E-state index contributed by atoms with van der Waals surface area (Å²) in [6.45, 7) is 0. The molecule has 0 bridgehead atoms. The molecule has 0 aliphatic heterocycles. The minimum Gasteiger partial charge on any atom is -0.508 e. The Morgan fingerprint density at radius 3 is 2.47 bits per heavy atom. The summed E-state index contributed by atoms with van der Waals surface area (Å²) in [6.07, 6.45) is 6.31. The van der Waals surface area contributed by atoms with Crippen LogP contribution in [0.4, 0.5) is 0 Å². The molecular formula is C13H19NO. The van der Waals surface area contributed by atoms with Gasteiger partial charge in [0.25, 0.3) is 0 Å². The molecule has 0 unspecified atom stereocenters. The van der Waals surface area contributed by atoms with Crippen LogP contribution in [-0.2, 0) is 0 Å². The van der Waals surface area contributed by atoms with Gasteiger partial charge in [-0.1, -0.05) is 37.5 Å². The Kier molecular flexibility index (Phi) is 3.27. The van der Waals surface area contributed by atoms with Gasteiger partial charge in [-0.2, -0.15) is 0 Å². The maximum Gasteiger partial charge on any atom is 0.120 e. The number of hydrogen-bond donors (Lipinski definition) is 2. The standard InChI is InChI=1S/C13H19NO/c14-13(10-6-2-1-3-7-10)11-8-4-5-9-12(11)15/h4-5,8-10,13,15H,1-3,6-7,14H2/t13-/m1/s1. The van der Waals surface area contributed by atoms with Gasteiger partial charge in [0, 0.05) is 11.6 Å². The lowest BCUT2D eigenvalue weighted by molar-refractivity contribution is 0.303. The van der Waals surface area contributed by atoms with Crippen LogP contribution in [0.3, 0.4) is 0 Å². The van der Waals surface area contributed by atoms with E-state index >= 15 is 0 Å². The van der Waals surface area contributed by atoms with Crippen molar-refractivity contribution in [2.24, 2.45) is 11.7 Å². The topological polar surface area (TPSA) is 46.2 Å². The van der Waals surface area contributed by atoms with Crippen molar-refractivity contribution >= 4 is 0 Å². The molecule has 1 aromatic carbocycles. The van der Waals surface area contributed by atoms with Crippen LogP contribution in [-0.4, -0.2) is 5.11 Å². The molecule has 1 aliphatic carbocycles. The highest BCUT2D eigenvalue weighted by Gasteiger charge is 2.23. The minimum atomic E-state index is 0.00602. The van der Waals surface area contributed by atoms with E-state index in [1.54, 1.807) is 6.07 Å². The fourth-order valence-corrected chi connectivity index (χ4v) is 2.52. The molecule has 0 saturated heterocycles. The van der Waals surface area contributed by atoms with Crippen LogP contribution in [0.25, 0.3) is 0 Å². The van der Waals surface area contributed by atoms with E-state index in [-0.39, 0.29) is 6.04 Å². The molecule has 0 amide bonds. The molecule has 2 nitrogen and oxygen atoms in total. The number of phenols is 1. The van der Waals surface area contributed by atoms with Crippen LogP contribution in [0.5, 0.6) is 5.75 Å². The number of aromatic hydroxyl groups is 1. The Morgan fingerprint density at radius 1 is 1.13 bits per heavy atom. The monoisotopic (exact) mass is 205 g/mol. The summed E-state index contributed by atoms with van der Waals surface area (Å²) >= 11 is 0. The SMILES string of the molecule is N[C@@H](c1ccccc1O)C1CCCCC1. The number of para-hydroxylation sites is 1. The second-order valence-corrected chi connectivity index (χ2v) is 4.48. The molecule has 1 aliphatic rings. The Balaban J connectivity index is 2.12. The second-order valence-electron chi connectivity index (χ2n) is 4.48. The molecule has 82 valence electrons. The van der Waals surface area contributed by atoms with Crippen molar-refractivity contribution in [3.05, 3.63) is 29.8 Å². The highest BCUT2D eigenvalue weighted by molar-refractivity contribution is 5.34. The molecule has 0 spiro atoms. The van der Waals surface area contributed by atoms with E-state index in [1.165, 1.54) is 32.1 Å². The number of benzene rings is 1. The number of hydrogen-bond acceptors (Lipinski definition) is 2. The zero-order chi connectivity index (χ0) is 10.7. The third-order valence-corrected chi connectivity index (χ3v) is 3.45. The summed E-state index contributed by atoms with van der Waals surface area (Å²) in [5, 5.41) is 9.73. The molecule has 0 heterocycles. The molecule has 1 aromatic rings. The van der Waals surface area contributed by atoms with E-state index in [1.807, 2.05) is 18.2 Å². The molecule has 3 N–H and O–H groups in total. The van der Waals surface area contributed by atoms with Crippen LogP contribution in [0.2, 0.25) is 0 Å². The van der Waals surface area contributed by atoms with E-state index < -0.39 is 0 Å². The van der Waals surface area contributed by atoms with Crippen molar-refractivity contribution in [3.63, 3.8) is 0 Å². The van der Waals surface area contributed by atoms with E-state index in [4.69, 9.17) is 5.73 Å². The lowest BCUT2D eigenvalue weighted by Crippen LogP contribution is -2.23. The van der Waals surface area contributed by atoms with E-state index in [0.717, 1.165) is 5.56 Å². The zero-order valence-electron chi connectivity index (χ0n) is 9.02. The summed E-state index contributed by atoms with van der Waals surface area (Å²) in [7, 11) is 0. The van der Waals surface area contributed by atoms with Crippen molar-refractivity contribution in [2.75, 3.05) is 0 Å². The van der Waals surface area contributed by atoms with Gasteiger partial charge in [-0.25, -0.2) is 0 Å². The first-order valence-electron chi connectivity index (χ1n) is 5.82. The van der Waals surface area contributed by atoms with Gasteiger partial charge in [0.15, 0.2) is 0 Å². The maximum absolute atomic E-state index is 9.73. The quantitative estimate of drug-likeness (QED) is 0.779. The van der Waals surface area contributed by atoms with Gasteiger partial charge in [0.2, 0.25) is 0 Å². The Hall–Kier alpha value is -1.02. The van der Waals surface area contributed by atoms with Crippen molar-refractivity contribution in [1.82, 2.24) is 0 Å². The molecule has 2 heteroatoms. The summed E-state index contributed by atoms with van der Waals surface area (Å²) in [4.78, 5) is 0. The lowest BCUT2D eigenvalue weighted by atomic mass is 9.81. The zero-order valence-corrected chi connectivity index (χ0v) is 9.02. The molecular weight excluding hydrogens is 186 g/mol. The van der Waals surface area contributed by atoms with Crippen LogP contribution >= 0.6 is 0 Å². The van der Waals surface area contributed by atoms with Crippen LogP contribution in [0.15, 0.2) is 24.3 Å². The predicted octanol–water partition coefficient (Wildman–Crippen LogP) is 2.97. The fourth-order valence-electron chi connectivity index (χ4n) is 2.52. The smallest absolute Gasteiger partial charge is 0.120 e. The van der Waals surface area contributed by atoms with E-state index in [0.29, 0.717) is 11.7 Å². The van der Waals surface area contributed by atoms with Gasteiger partial charge in [-0.3, -0.25) is 0 Å². The third-order valence-electron chi connectivity index (χ3n) is 3.45.